The lowest BCUT2D eigenvalue weighted by Gasteiger charge is -2.27. The van der Waals surface area contributed by atoms with Crippen LogP contribution in [0.2, 0.25) is 0 Å². The number of nitrogens with zero attached hydrogens (tertiary/aromatic N) is 4. The van der Waals surface area contributed by atoms with E-state index in [9.17, 15) is 9.18 Å². The first-order valence-electron chi connectivity index (χ1n) is 8.59. The van der Waals surface area contributed by atoms with Crippen LogP contribution in [0.25, 0.3) is 11.0 Å². The highest BCUT2D eigenvalue weighted by atomic mass is 19.1. The molecule has 1 aliphatic heterocycles. The van der Waals surface area contributed by atoms with E-state index in [4.69, 9.17) is 0 Å². The van der Waals surface area contributed by atoms with Gasteiger partial charge in [-0.2, -0.15) is 5.10 Å². The lowest BCUT2D eigenvalue weighted by molar-refractivity contribution is 0.236. The van der Waals surface area contributed by atoms with Gasteiger partial charge in [-0.3, -0.25) is 9.69 Å². The first-order chi connectivity index (χ1) is 12.1. The Balaban J connectivity index is 1.54. The fourth-order valence-electron chi connectivity index (χ4n) is 3.34. The molecule has 0 saturated carbocycles. The van der Waals surface area contributed by atoms with Crippen LogP contribution in [-0.2, 0) is 26.1 Å². The van der Waals surface area contributed by atoms with Gasteiger partial charge in [-0.05, 0) is 24.1 Å². The molecule has 1 aliphatic rings. The van der Waals surface area contributed by atoms with Gasteiger partial charge < -0.3 is 4.98 Å². The maximum absolute atomic E-state index is 13.8. The highest BCUT2D eigenvalue weighted by Crippen LogP contribution is 2.19. The Hall–Kier alpha value is -2.54. The van der Waals surface area contributed by atoms with E-state index in [1.54, 1.807) is 16.8 Å². The zero-order chi connectivity index (χ0) is 17.4. The number of rotatable bonds is 4. The van der Waals surface area contributed by atoms with Crippen LogP contribution in [0.1, 0.15) is 30.4 Å². The van der Waals surface area contributed by atoms with Crippen molar-refractivity contribution in [2.24, 2.45) is 0 Å². The smallest absolute Gasteiger partial charge is 0.267 e. The van der Waals surface area contributed by atoms with E-state index in [-0.39, 0.29) is 11.4 Å². The van der Waals surface area contributed by atoms with Crippen LogP contribution in [-0.4, -0.2) is 31.2 Å². The molecule has 3 aromatic rings. The summed E-state index contributed by atoms with van der Waals surface area (Å²) in [5, 5.41) is 4.49. The second kappa shape index (κ2) is 6.40. The van der Waals surface area contributed by atoms with Gasteiger partial charge in [0.25, 0.3) is 5.56 Å². The zero-order valence-electron chi connectivity index (χ0n) is 14.1. The second-order valence-electron chi connectivity index (χ2n) is 6.46. The molecule has 0 spiro atoms. The lowest BCUT2D eigenvalue weighted by Crippen LogP contribution is -2.34. The molecule has 25 heavy (non-hydrogen) atoms. The molecule has 2 aromatic heterocycles. The fraction of sp³-hybridized carbons (Fsp3) is 0.389. The number of fused-ring (bicyclic) bond motifs is 2. The third-order valence-electron chi connectivity index (χ3n) is 4.54. The zero-order valence-corrected chi connectivity index (χ0v) is 14.1. The van der Waals surface area contributed by atoms with Crippen molar-refractivity contribution in [2.45, 2.75) is 39.4 Å². The Labute approximate surface area is 144 Å². The van der Waals surface area contributed by atoms with E-state index in [1.807, 2.05) is 13.0 Å². The third kappa shape index (κ3) is 3.07. The Kier molecular flexibility index (Phi) is 4.09. The highest BCUT2D eigenvalue weighted by Gasteiger charge is 2.20. The molecule has 0 saturated heterocycles. The Morgan fingerprint density at radius 2 is 2.24 bits per heavy atom. The first kappa shape index (κ1) is 16.0. The number of para-hydroxylation sites is 1. The molecule has 0 atom stereocenters. The molecule has 1 aromatic carbocycles. The summed E-state index contributed by atoms with van der Waals surface area (Å²) in [6.07, 6.45) is 1.69. The maximum Gasteiger partial charge on any atom is 0.267 e. The quantitative estimate of drug-likeness (QED) is 0.790. The van der Waals surface area contributed by atoms with Crippen LogP contribution < -0.4 is 5.56 Å². The van der Waals surface area contributed by atoms with Crippen LogP contribution in [0.3, 0.4) is 0 Å². The summed E-state index contributed by atoms with van der Waals surface area (Å²) in [6, 6.07) is 6.60. The van der Waals surface area contributed by atoms with Crippen molar-refractivity contribution in [3.63, 3.8) is 0 Å². The normalized spacial score (nSPS) is 14.8. The predicted octanol–water partition coefficient (Wildman–Crippen LogP) is 2.23. The molecular formula is C18H20FN5O. The highest BCUT2D eigenvalue weighted by molar-refractivity contribution is 5.75. The topological polar surface area (TPSA) is 66.8 Å². The maximum atomic E-state index is 13.8. The van der Waals surface area contributed by atoms with Gasteiger partial charge in [0.1, 0.15) is 11.3 Å². The summed E-state index contributed by atoms with van der Waals surface area (Å²) in [6.45, 7) is 4.77. The average molecular weight is 341 g/mol. The van der Waals surface area contributed by atoms with E-state index >= 15 is 0 Å². The van der Waals surface area contributed by atoms with Crippen molar-refractivity contribution in [3.8, 4) is 0 Å². The fourth-order valence-corrected chi connectivity index (χ4v) is 3.34. The number of benzene rings is 1. The van der Waals surface area contributed by atoms with Crippen LogP contribution in [0.5, 0.6) is 0 Å². The van der Waals surface area contributed by atoms with Crippen LogP contribution in [0.15, 0.2) is 29.1 Å². The summed E-state index contributed by atoms with van der Waals surface area (Å²) in [7, 11) is 0. The molecule has 6 nitrogen and oxygen atoms in total. The Morgan fingerprint density at radius 3 is 3.04 bits per heavy atom. The Bertz CT molecular complexity index is 977. The number of H-pyrrole nitrogens is 1. The summed E-state index contributed by atoms with van der Waals surface area (Å²) >= 11 is 0. The van der Waals surface area contributed by atoms with E-state index in [2.05, 4.69) is 20.0 Å². The van der Waals surface area contributed by atoms with E-state index in [0.29, 0.717) is 30.7 Å². The minimum atomic E-state index is -0.315. The molecule has 0 fully saturated rings. The SMILES string of the molecule is CCCn1nc2c(cc1=O)CN(Cc1nc3c(F)cccc3[nH]1)CC2. The van der Waals surface area contributed by atoms with Crippen molar-refractivity contribution in [2.75, 3.05) is 6.54 Å². The molecular weight excluding hydrogens is 321 g/mol. The van der Waals surface area contributed by atoms with Gasteiger partial charge in [-0.1, -0.05) is 13.0 Å². The number of nitrogens with one attached hydrogen (secondary N) is 1. The second-order valence-corrected chi connectivity index (χ2v) is 6.46. The molecule has 4 rings (SSSR count). The molecule has 0 amide bonds. The molecule has 0 unspecified atom stereocenters. The summed E-state index contributed by atoms with van der Waals surface area (Å²) in [4.78, 5) is 21.9. The largest absolute Gasteiger partial charge is 0.341 e. The summed E-state index contributed by atoms with van der Waals surface area (Å²) in [5.74, 6) is 0.417. The number of halogens is 1. The number of aromatic nitrogens is 4. The average Bonchev–Trinajstić information content (AvgIpc) is 3.00. The number of aromatic amines is 1. The molecule has 0 bridgehead atoms. The van der Waals surface area contributed by atoms with Gasteiger partial charge in [0.15, 0.2) is 5.82 Å². The number of hydrogen-bond acceptors (Lipinski definition) is 4. The van der Waals surface area contributed by atoms with E-state index < -0.39 is 0 Å². The van der Waals surface area contributed by atoms with E-state index in [0.717, 1.165) is 36.5 Å². The molecule has 0 aliphatic carbocycles. The minimum absolute atomic E-state index is 0.0479. The van der Waals surface area contributed by atoms with Crippen molar-refractivity contribution in [1.29, 1.82) is 0 Å². The standard InChI is InChI=1S/C18H20FN5O/c1-2-7-24-17(25)9-12-10-23(8-6-14(12)22-24)11-16-20-15-5-3-4-13(19)18(15)21-16/h3-5,9H,2,6-8,10-11H2,1H3,(H,20,21). The first-order valence-corrected chi connectivity index (χ1v) is 8.59. The molecule has 130 valence electrons. The predicted molar refractivity (Wildman–Crippen MR) is 92.7 cm³/mol. The van der Waals surface area contributed by atoms with Crippen LogP contribution >= 0.6 is 0 Å². The van der Waals surface area contributed by atoms with Gasteiger partial charge in [-0.15, -0.1) is 0 Å². The van der Waals surface area contributed by atoms with Crippen molar-refractivity contribution >= 4 is 11.0 Å². The van der Waals surface area contributed by atoms with Crippen LogP contribution in [0, 0.1) is 5.82 Å². The number of hydrogen-bond donors (Lipinski definition) is 1. The Morgan fingerprint density at radius 1 is 1.36 bits per heavy atom. The molecule has 1 N–H and O–H groups in total. The van der Waals surface area contributed by atoms with Crippen molar-refractivity contribution in [3.05, 3.63) is 57.5 Å². The van der Waals surface area contributed by atoms with Crippen LogP contribution in [0.4, 0.5) is 4.39 Å². The van der Waals surface area contributed by atoms with E-state index in [1.165, 1.54) is 6.07 Å². The van der Waals surface area contributed by atoms with Gasteiger partial charge in [0.2, 0.25) is 0 Å². The number of aryl methyl sites for hydroxylation is 1. The summed E-state index contributed by atoms with van der Waals surface area (Å²) in [5.41, 5.74) is 3.01. The number of imidazole rings is 1. The summed E-state index contributed by atoms with van der Waals surface area (Å²) < 4.78 is 15.3. The molecule has 3 heterocycles. The van der Waals surface area contributed by atoms with Gasteiger partial charge in [0, 0.05) is 32.1 Å². The van der Waals surface area contributed by atoms with Crippen molar-refractivity contribution in [1.82, 2.24) is 24.6 Å². The monoisotopic (exact) mass is 341 g/mol. The lowest BCUT2D eigenvalue weighted by atomic mass is 10.1. The third-order valence-corrected chi connectivity index (χ3v) is 4.54. The van der Waals surface area contributed by atoms with Gasteiger partial charge in [0.05, 0.1) is 17.8 Å². The molecule has 0 radical (unpaired) electrons. The van der Waals surface area contributed by atoms with Gasteiger partial charge >= 0.3 is 0 Å². The van der Waals surface area contributed by atoms with Crippen molar-refractivity contribution < 1.29 is 4.39 Å². The molecule has 7 heteroatoms. The minimum Gasteiger partial charge on any atom is -0.341 e. The van der Waals surface area contributed by atoms with Gasteiger partial charge in [-0.25, -0.2) is 14.1 Å².